The normalized spacial score (nSPS) is 12.5. The van der Waals surface area contributed by atoms with Gasteiger partial charge in [-0.1, -0.05) is 50.2 Å². The van der Waals surface area contributed by atoms with Crippen molar-refractivity contribution in [3.8, 4) is 0 Å². The van der Waals surface area contributed by atoms with E-state index in [2.05, 4.69) is 0 Å². The predicted molar refractivity (Wildman–Crippen MR) is 92.5 cm³/mol. The van der Waals surface area contributed by atoms with Crippen LogP contribution < -0.4 is 18.9 Å². The fourth-order valence-corrected chi connectivity index (χ4v) is 2.83. The molecule has 0 heterocycles. The summed E-state index contributed by atoms with van der Waals surface area (Å²) >= 11 is 0. The van der Waals surface area contributed by atoms with Crippen LogP contribution in [0.1, 0.15) is 27.3 Å². The van der Waals surface area contributed by atoms with Crippen molar-refractivity contribution in [3.63, 3.8) is 0 Å². The summed E-state index contributed by atoms with van der Waals surface area (Å²) in [7, 11) is 0. The molecule has 0 aliphatic rings. The number of carbonyl (C=O) groups excluding carboxylic acids is 1. The van der Waals surface area contributed by atoms with Crippen molar-refractivity contribution >= 4 is 22.6 Å². The van der Waals surface area contributed by atoms with Crippen LogP contribution in [0, 0.1) is 5.92 Å². The maximum absolute atomic E-state index is 13.0. The first-order valence-corrected chi connectivity index (χ1v) is 8.18. The number of alkyl halides is 3. The van der Waals surface area contributed by atoms with Gasteiger partial charge in [0.25, 0.3) is 0 Å². The van der Waals surface area contributed by atoms with E-state index in [4.69, 9.17) is 0 Å². The first-order valence-electron chi connectivity index (χ1n) is 8.18. The van der Waals surface area contributed by atoms with Crippen LogP contribution >= 0.6 is 0 Å². The van der Waals surface area contributed by atoms with E-state index in [9.17, 15) is 27.9 Å². The van der Waals surface area contributed by atoms with Crippen molar-refractivity contribution in [3.05, 3.63) is 48.0 Å². The van der Waals surface area contributed by atoms with Crippen molar-refractivity contribution in [1.29, 1.82) is 0 Å². The van der Waals surface area contributed by atoms with Crippen LogP contribution in [0.4, 0.5) is 13.2 Å². The van der Waals surface area contributed by atoms with E-state index in [1.165, 1.54) is 0 Å². The number of hydrogen-bond donors (Lipinski definition) is 1. The van der Waals surface area contributed by atoms with E-state index < -0.39 is 30.6 Å². The molecule has 27 heavy (non-hydrogen) atoms. The van der Waals surface area contributed by atoms with Gasteiger partial charge in [0.15, 0.2) is 0 Å². The molecule has 1 atom stereocenters. The Morgan fingerprint density at radius 2 is 1.70 bits per heavy atom. The molecule has 1 N–H and O–H groups in total. The Kier molecular flexibility index (Phi) is 7.94. The summed E-state index contributed by atoms with van der Waals surface area (Å²) in [6, 6.07) is 10.8. The SMILES string of the molecule is CC(C)CC(C(=O)O)N(Cc1ccc2ccccc2c1)C(=O)C(F)(F)F.[H-].[Li+]. The number of carbonyl (C=O) groups is 2. The fraction of sp³-hybridized carbons (Fsp3) is 0.368. The number of aliphatic carboxylic acids is 1. The van der Waals surface area contributed by atoms with E-state index in [0.717, 1.165) is 10.8 Å². The smallest absolute Gasteiger partial charge is 1.00 e. The molecule has 0 spiro atoms. The molecule has 0 aromatic heterocycles. The molecule has 2 aromatic carbocycles. The third kappa shape index (κ3) is 6.01. The van der Waals surface area contributed by atoms with Crippen LogP contribution in [0.2, 0.25) is 0 Å². The topological polar surface area (TPSA) is 57.6 Å². The Balaban J connectivity index is 0.00000364. The third-order valence-electron chi connectivity index (χ3n) is 4.03. The molecule has 8 heteroatoms. The molecule has 0 saturated heterocycles. The predicted octanol–water partition coefficient (Wildman–Crippen LogP) is 1.35. The Morgan fingerprint density at radius 3 is 2.22 bits per heavy atom. The van der Waals surface area contributed by atoms with Crippen LogP contribution in [-0.4, -0.2) is 34.1 Å². The molecule has 0 aliphatic carbocycles. The number of hydrogen-bond acceptors (Lipinski definition) is 2. The second-order valence-electron chi connectivity index (χ2n) is 6.60. The summed E-state index contributed by atoms with van der Waals surface area (Å²) in [6.45, 7) is 2.97. The van der Waals surface area contributed by atoms with Gasteiger partial charge in [0.2, 0.25) is 0 Å². The van der Waals surface area contributed by atoms with Crippen LogP contribution in [-0.2, 0) is 16.1 Å². The minimum atomic E-state index is -5.14. The maximum atomic E-state index is 13.0. The monoisotopic (exact) mass is 375 g/mol. The molecule has 1 amide bonds. The summed E-state index contributed by atoms with van der Waals surface area (Å²) in [5, 5.41) is 11.1. The van der Waals surface area contributed by atoms with Gasteiger partial charge in [0.05, 0.1) is 0 Å². The number of rotatable bonds is 6. The molecule has 0 aliphatic heterocycles. The maximum Gasteiger partial charge on any atom is 1.00 e. The van der Waals surface area contributed by atoms with Crippen molar-refractivity contribution in [2.45, 2.75) is 39.0 Å². The number of halogens is 3. The van der Waals surface area contributed by atoms with Crippen LogP contribution in [0.3, 0.4) is 0 Å². The van der Waals surface area contributed by atoms with E-state index in [0.29, 0.717) is 10.5 Å². The van der Waals surface area contributed by atoms with Gasteiger partial charge in [-0.05, 0) is 34.7 Å². The molecular formula is C19H21F3LiNO3. The molecular weight excluding hydrogens is 354 g/mol. The number of benzene rings is 2. The number of amides is 1. The molecule has 0 saturated carbocycles. The second kappa shape index (κ2) is 9.29. The first kappa shape index (κ1) is 23.1. The molecule has 4 nitrogen and oxygen atoms in total. The van der Waals surface area contributed by atoms with Crippen LogP contribution in [0.25, 0.3) is 10.8 Å². The Morgan fingerprint density at radius 1 is 1.11 bits per heavy atom. The Labute approximate surface area is 169 Å². The average molecular weight is 375 g/mol. The second-order valence-corrected chi connectivity index (χ2v) is 6.60. The van der Waals surface area contributed by atoms with Gasteiger partial charge >= 0.3 is 36.9 Å². The summed E-state index contributed by atoms with van der Waals surface area (Å²) < 4.78 is 39.1. The van der Waals surface area contributed by atoms with Crippen LogP contribution in [0.15, 0.2) is 42.5 Å². The summed E-state index contributed by atoms with van der Waals surface area (Å²) in [5.74, 6) is -3.77. The van der Waals surface area contributed by atoms with Gasteiger partial charge in [0.1, 0.15) is 6.04 Å². The zero-order valence-electron chi connectivity index (χ0n) is 16.5. The average Bonchev–Trinajstić information content (AvgIpc) is 2.56. The molecule has 0 bridgehead atoms. The van der Waals surface area contributed by atoms with Gasteiger partial charge in [-0.25, -0.2) is 4.79 Å². The van der Waals surface area contributed by atoms with E-state index in [1.807, 2.05) is 12.1 Å². The summed E-state index contributed by atoms with van der Waals surface area (Å²) in [4.78, 5) is 23.9. The van der Waals surface area contributed by atoms with Crippen molar-refractivity contribution in [2.24, 2.45) is 5.92 Å². The van der Waals surface area contributed by atoms with E-state index >= 15 is 0 Å². The minimum absolute atomic E-state index is 0. The summed E-state index contributed by atoms with van der Waals surface area (Å²) in [5.41, 5.74) is 0.441. The number of carboxylic acid groups (broad SMARTS) is 1. The fourth-order valence-electron chi connectivity index (χ4n) is 2.83. The van der Waals surface area contributed by atoms with Crippen molar-refractivity contribution < 1.29 is 48.2 Å². The first-order chi connectivity index (χ1) is 12.1. The minimum Gasteiger partial charge on any atom is -1.00 e. The number of nitrogens with zero attached hydrogens (tertiary/aromatic N) is 1. The van der Waals surface area contributed by atoms with Crippen molar-refractivity contribution in [2.75, 3.05) is 0 Å². The zero-order valence-corrected chi connectivity index (χ0v) is 15.5. The summed E-state index contributed by atoms with van der Waals surface area (Å²) in [6.07, 6.45) is -5.20. The Hall–Kier alpha value is -1.97. The standard InChI is InChI=1S/C19H20F3NO3.Li.H/c1-12(2)9-16(17(24)25)23(18(26)19(20,21)22)11-13-7-8-14-5-3-4-6-15(14)10-13;;/h3-8,10,12,16H,9,11H2,1-2H3,(H,24,25);;/q;+1;-1. The number of fused-ring (bicyclic) bond motifs is 1. The van der Waals surface area contributed by atoms with E-state index in [1.54, 1.807) is 44.2 Å². The third-order valence-corrected chi connectivity index (χ3v) is 4.03. The molecule has 2 rings (SSSR count). The van der Waals surface area contributed by atoms with Crippen molar-refractivity contribution in [1.82, 2.24) is 4.90 Å². The molecule has 0 radical (unpaired) electrons. The largest absolute Gasteiger partial charge is 1.00 e. The van der Waals surface area contributed by atoms with Gasteiger partial charge in [-0.3, -0.25) is 4.79 Å². The number of carboxylic acids is 1. The van der Waals surface area contributed by atoms with Crippen LogP contribution in [0.5, 0.6) is 0 Å². The van der Waals surface area contributed by atoms with Gasteiger partial charge in [-0.2, -0.15) is 13.2 Å². The Bertz CT molecular complexity index is 814. The van der Waals surface area contributed by atoms with E-state index in [-0.39, 0.29) is 32.6 Å². The zero-order chi connectivity index (χ0) is 19.5. The molecule has 2 aromatic rings. The van der Waals surface area contributed by atoms with Gasteiger partial charge in [-0.15, -0.1) is 0 Å². The molecule has 1 unspecified atom stereocenters. The molecule has 142 valence electrons. The van der Waals surface area contributed by atoms with Gasteiger partial charge < -0.3 is 11.4 Å². The molecule has 0 fully saturated rings. The quantitative estimate of drug-likeness (QED) is 0.776. The van der Waals surface area contributed by atoms with Gasteiger partial charge in [0, 0.05) is 6.54 Å².